The third-order valence-corrected chi connectivity index (χ3v) is 6.13. The standard InChI is InChI=1S/C26H27ClN4O4S/c1-5-33-21-13-18(14-22(34-6-2)24(21)35-7-3)25(32)29-23-12-16(4)30-31(23)26-28-20(15-36-26)17-8-10-19(27)11-9-17/h8-15H,5-7H2,1-4H3,(H,29,32). The summed E-state index contributed by atoms with van der Waals surface area (Å²) in [5.41, 5.74) is 2.85. The van der Waals surface area contributed by atoms with Crippen LogP contribution in [0.1, 0.15) is 36.8 Å². The van der Waals surface area contributed by atoms with Crippen molar-refractivity contribution in [2.24, 2.45) is 0 Å². The molecular weight excluding hydrogens is 500 g/mol. The number of ether oxygens (including phenoxy) is 3. The first kappa shape index (κ1) is 25.5. The topological polar surface area (TPSA) is 87.5 Å². The van der Waals surface area contributed by atoms with E-state index in [4.69, 9.17) is 30.8 Å². The van der Waals surface area contributed by atoms with Crippen molar-refractivity contribution in [2.45, 2.75) is 27.7 Å². The predicted octanol–water partition coefficient (Wildman–Crippen LogP) is 6.41. The predicted molar refractivity (Wildman–Crippen MR) is 142 cm³/mol. The number of halogens is 1. The first-order valence-electron chi connectivity index (χ1n) is 11.6. The van der Waals surface area contributed by atoms with Gasteiger partial charge in [-0.3, -0.25) is 4.79 Å². The molecule has 36 heavy (non-hydrogen) atoms. The molecular formula is C26H27ClN4O4S. The molecule has 10 heteroatoms. The molecule has 8 nitrogen and oxygen atoms in total. The van der Waals surface area contributed by atoms with E-state index in [1.165, 1.54) is 11.3 Å². The Morgan fingerprint density at radius 1 is 1.00 bits per heavy atom. The van der Waals surface area contributed by atoms with E-state index in [0.29, 0.717) is 58.6 Å². The Labute approximate surface area is 218 Å². The van der Waals surface area contributed by atoms with Crippen molar-refractivity contribution in [1.29, 1.82) is 0 Å². The fourth-order valence-electron chi connectivity index (χ4n) is 3.56. The molecule has 0 saturated carbocycles. The van der Waals surface area contributed by atoms with Gasteiger partial charge in [0.2, 0.25) is 10.9 Å². The molecule has 0 aliphatic rings. The average molecular weight is 527 g/mol. The van der Waals surface area contributed by atoms with Crippen molar-refractivity contribution in [1.82, 2.24) is 14.8 Å². The van der Waals surface area contributed by atoms with E-state index in [1.54, 1.807) is 22.9 Å². The molecule has 0 radical (unpaired) electrons. The van der Waals surface area contributed by atoms with Gasteiger partial charge in [0.15, 0.2) is 11.5 Å². The summed E-state index contributed by atoms with van der Waals surface area (Å²) >= 11 is 7.43. The largest absolute Gasteiger partial charge is 0.490 e. The van der Waals surface area contributed by atoms with Crippen LogP contribution >= 0.6 is 22.9 Å². The van der Waals surface area contributed by atoms with Crippen molar-refractivity contribution < 1.29 is 19.0 Å². The number of rotatable bonds is 10. The summed E-state index contributed by atoms with van der Waals surface area (Å²) in [5, 5.41) is 10.7. The first-order valence-corrected chi connectivity index (χ1v) is 12.9. The smallest absolute Gasteiger partial charge is 0.257 e. The zero-order valence-electron chi connectivity index (χ0n) is 20.5. The molecule has 0 bridgehead atoms. The number of thiazole rings is 1. The fourth-order valence-corrected chi connectivity index (χ4v) is 4.48. The molecule has 0 unspecified atom stereocenters. The Bertz CT molecular complexity index is 1320. The van der Waals surface area contributed by atoms with Crippen molar-refractivity contribution in [2.75, 3.05) is 25.1 Å². The summed E-state index contributed by atoms with van der Waals surface area (Å²) in [6, 6.07) is 12.6. The van der Waals surface area contributed by atoms with Crippen LogP contribution in [-0.4, -0.2) is 40.5 Å². The second kappa shape index (κ2) is 11.5. The van der Waals surface area contributed by atoms with Gasteiger partial charge in [0.25, 0.3) is 5.91 Å². The van der Waals surface area contributed by atoms with Gasteiger partial charge in [0.1, 0.15) is 5.82 Å². The number of carbonyl (C=O) groups excluding carboxylic acids is 1. The highest BCUT2D eigenvalue weighted by atomic mass is 35.5. The number of nitrogens with one attached hydrogen (secondary N) is 1. The van der Waals surface area contributed by atoms with E-state index in [-0.39, 0.29) is 5.91 Å². The van der Waals surface area contributed by atoms with Gasteiger partial charge in [-0.25, -0.2) is 4.98 Å². The molecule has 188 valence electrons. The van der Waals surface area contributed by atoms with Gasteiger partial charge in [0, 0.05) is 27.6 Å². The monoisotopic (exact) mass is 526 g/mol. The number of aromatic nitrogens is 3. The zero-order valence-corrected chi connectivity index (χ0v) is 22.1. The number of anilines is 1. The number of amides is 1. The fraction of sp³-hybridized carbons (Fsp3) is 0.269. The molecule has 0 fully saturated rings. The van der Waals surface area contributed by atoms with Crippen LogP contribution in [0, 0.1) is 6.92 Å². The Hall–Kier alpha value is -3.56. The lowest BCUT2D eigenvalue weighted by Gasteiger charge is -2.17. The normalized spacial score (nSPS) is 10.8. The lowest BCUT2D eigenvalue weighted by molar-refractivity contribution is 0.102. The van der Waals surface area contributed by atoms with E-state index in [1.807, 2.05) is 57.3 Å². The molecule has 4 aromatic rings. The lowest BCUT2D eigenvalue weighted by atomic mass is 10.1. The maximum atomic E-state index is 13.3. The first-order chi connectivity index (χ1) is 17.4. The maximum Gasteiger partial charge on any atom is 0.257 e. The summed E-state index contributed by atoms with van der Waals surface area (Å²) in [6.07, 6.45) is 0. The summed E-state index contributed by atoms with van der Waals surface area (Å²) < 4.78 is 18.9. The number of aryl methyl sites for hydroxylation is 1. The number of carbonyl (C=O) groups is 1. The number of benzene rings is 2. The Kier molecular flexibility index (Phi) is 8.12. The summed E-state index contributed by atoms with van der Waals surface area (Å²) in [5.74, 6) is 1.55. The molecule has 2 aromatic carbocycles. The molecule has 0 saturated heterocycles. The molecule has 0 aliphatic heterocycles. The maximum absolute atomic E-state index is 13.3. The van der Waals surface area contributed by atoms with Crippen LogP contribution in [0.3, 0.4) is 0 Å². The summed E-state index contributed by atoms with van der Waals surface area (Å²) in [4.78, 5) is 18.0. The Balaban J connectivity index is 1.64. The highest BCUT2D eigenvalue weighted by Gasteiger charge is 2.20. The summed E-state index contributed by atoms with van der Waals surface area (Å²) in [7, 11) is 0. The van der Waals surface area contributed by atoms with E-state index in [9.17, 15) is 4.79 Å². The van der Waals surface area contributed by atoms with Crippen LogP contribution in [0.25, 0.3) is 16.4 Å². The third-order valence-electron chi connectivity index (χ3n) is 5.06. The van der Waals surface area contributed by atoms with Gasteiger partial charge in [-0.2, -0.15) is 9.78 Å². The molecule has 1 amide bonds. The average Bonchev–Trinajstić information content (AvgIpc) is 3.48. The molecule has 0 atom stereocenters. The van der Waals surface area contributed by atoms with Crippen LogP contribution in [0.4, 0.5) is 5.82 Å². The van der Waals surface area contributed by atoms with Crippen molar-refractivity contribution in [3.8, 4) is 33.6 Å². The molecule has 0 aliphatic carbocycles. The van der Waals surface area contributed by atoms with Crippen LogP contribution in [0.5, 0.6) is 17.2 Å². The highest BCUT2D eigenvalue weighted by Crippen LogP contribution is 2.39. The van der Waals surface area contributed by atoms with Crippen LogP contribution in [0.15, 0.2) is 47.8 Å². The Morgan fingerprint density at radius 2 is 1.64 bits per heavy atom. The van der Waals surface area contributed by atoms with Crippen LogP contribution < -0.4 is 19.5 Å². The second-order valence-corrected chi connectivity index (χ2v) is 8.93. The van der Waals surface area contributed by atoms with Gasteiger partial charge in [-0.1, -0.05) is 23.7 Å². The zero-order chi connectivity index (χ0) is 25.7. The van der Waals surface area contributed by atoms with E-state index in [2.05, 4.69) is 10.4 Å². The van der Waals surface area contributed by atoms with Crippen molar-refractivity contribution in [3.63, 3.8) is 0 Å². The minimum atomic E-state index is -0.337. The molecule has 1 N–H and O–H groups in total. The number of hydrogen-bond donors (Lipinski definition) is 1. The minimum absolute atomic E-state index is 0.337. The summed E-state index contributed by atoms with van der Waals surface area (Å²) in [6.45, 7) is 8.76. The third kappa shape index (κ3) is 5.63. The van der Waals surface area contributed by atoms with Gasteiger partial charge in [-0.05, 0) is 52.0 Å². The highest BCUT2D eigenvalue weighted by molar-refractivity contribution is 7.12. The minimum Gasteiger partial charge on any atom is -0.490 e. The van der Waals surface area contributed by atoms with Crippen molar-refractivity contribution in [3.05, 3.63) is 64.1 Å². The SMILES string of the molecule is CCOc1cc(C(=O)Nc2cc(C)nn2-c2nc(-c3ccc(Cl)cc3)cs2)cc(OCC)c1OCC. The van der Waals surface area contributed by atoms with Gasteiger partial charge < -0.3 is 19.5 Å². The molecule has 0 spiro atoms. The Morgan fingerprint density at radius 3 is 2.25 bits per heavy atom. The van der Waals surface area contributed by atoms with Crippen LogP contribution in [-0.2, 0) is 0 Å². The van der Waals surface area contributed by atoms with E-state index >= 15 is 0 Å². The van der Waals surface area contributed by atoms with E-state index in [0.717, 1.165) is 17.0 Å². The number of hydrogen-bond acceptors (Lipinski definition) is 7. The quantitative estimate of drug-likeness (QED) is 0.257. The lowest BCUT2D eigenvalue weighted by Crippen LogP contribution is -2.16. The second-order valence-electron chi connectivity index (χ2n) is 7.66. The van der Waals surface area contributed by atoms with Crippen LogP contribution in [0.2, 0.25) is 5.02 Å². The van der Waals surface area contributed by atoms with Gasteiger partial charge in [-0.15, -0.1) is 11.3 Å². The number of nitrogens with zero attached hydrogens (tertiary/aromatic N) is 3. The van der Waals surface area contributed by atoms with E-state index < -0.39 is 0 Å². The van der Waals surface area contributed by atoms with Gasteiger partial charge in [0.05, 0.1) is 31.2 Å². The van der Waals surface area contributed by atoms with Crippen molar-refractivity contribution >= 4 is 34.7 Å². The molecule has 2 heterocycles. The molecule has 2 aromatic heterocycles. The van der Waals surface area contributed by atoms with Gasteiger partial charge >= 0.3 is 0 Å². The molecule has 4 rings (SSSR count).